The number of nitrogens with one attached hydrogen (secondary N) is 1. The Balaban J connectivity index is 2.29. The van der Waals surface area contributed by atoms with Crippen LogP contribution in [0.3, 0.4) is 0 Å². The monoisotopic (exact) mass is 257 g/mol. The number of benzene rings is 2. The molecule has 0 aliphatic carbocycles. The number of likely N-dealkylation sites (N-methyl/N-ethyl adjacent to an activating group) is 1. The van der Waals surface area contributed by atoms with Gasteiger partial charge in [0.1, 0.15) is 11.4 Å². The van der Waals surface area contributed by atoms with E-state index in [1.807, 2.05) is 0 Å². The van der Waals surface area contributed by atoms with Gasteiger partial charge in [-0.05, 0) is 31.3 Å². The standard InChI is InChI=1S/C17H23NO/c1-4-17(3,13-18-5-2)19-16-12-8-10-14-9-6-7-11-15(14)16/h6-12,18H,4-5,13H2,1-3H3. The lowest BCUT2D eigenvalue weighted by molar-refractivity contribution is 0.0860. The Morgan fingerprint density at radius 2 is 1.79 bits per heavy atom. The molecule has 0 spiro atoms. The van der Waals surface area contributed by atoms with E-state index < -0.39 is 0 Å². The third-order valence-electron chi connectivity index (χ3n) is 3.60. The average molecular weight is 257 g/mol. The van der Waals surface area contributed by atoms with Crippen LogP contribution in [0.1, 0.15) is 27.2 Å². The van der Waals surface area contributed by atoms with Crippen molar-refractivity contribution < 1.29 is 4.74 Å². The van der Waals surface area contributed by atoms with Gasteiger partial charge < -0.3 is 10.1 Å². The van der Waals surface area contributed by atoms with E-state index in [0.717, 1.165) is 25.3 Å². The van der Waals surface area contributed by atoms with E-state index >= 15 is 0 Å². The molecule has 102 valence electrons. The van der Waals surface area contributed by atoms with Crippen LogP contribution in [0.2, 0.25) is 0 Å². The Morgan fingerprint density at radius 1 is 1.05 bits per heavy atom. The largest absolute Gasteiger partial charge is 0.486 e. The highest BCUT2D eigenvalue weighted by Gasteiger charge is 2.24. The highest BCUT2D eigenvalue weighted by molar-refractivity contribution is 5.88. The zero-order valence-electron chi connectivity index (χ0n) is 12.1. The van der Waals surface area contributed by atoms with E-state index in [1.54, 1.807) is 0 Å². The van der Waals surface area contributed by atoms with Gasteiger partial charge >= 0.3 is 0 Å². The normalized spacial score (nSPS) is 14.3. The van der Waals surface area contributed by atoms with Crippen molar-refractivity contribution in [3.63, 3.8) is 0 Å². The molecule has 0 amide bonds. The third-order valence-corrected chi connectivity index (χ3v) is 3.60. The lowest BCUT2D eigenvalue weighted by Gasteiger charge is -2.30. The molecule has 2 aromatic rings. The topological polar surface area (TPSA) is 21.3 Å². The minimum Gasteiger partial charge on any atom is -0.486 e. The number of ether oxygens (including phenoxy) is 1. The zero-order chi connectivity index (χ0) is 13.7. The summed E-state index contributed by atoms with van der Waals surface area (Å²) in [7, 11) is 0. The Morgan fingerprint density at radius 3 is 2.53 bits per heavy atom. The van der Waals surface area contributed by atoms with Crippen molar-refractivity contribution >= 4 is 10.8 Å². The van der Waals surface area contributed by atoms with E-state index in [4.69, 9.17) is 4.74 Å². The van der Waals surface area contributed by atoms with Gasteiger partial charge in [0.25, 0.3) is 0 Å². The maximum Gasteiger partial charge on any atom is 0.128 e. The third kappa shape index (κ3) is 3.27. The molecule has 0 fully saturated rings. The summed E-state index contributed by atoms with van der Waals surface area (Å²) in [4.78, 5) is 0. The number of fused-ring (bicyclic) bond motifs is 1. The molecule has 2 aromatic carbocycles. The minimum atomic E-state index is -0.167. The van der Waals surface area contributed by atoms with Crippen molar-refractivity contribution in [2.45, 2.75) is 32.8 Å². The Labute approximate surface area is 115 Å². The molecule has 19 heavy (non-hydrogen) atoms. The summed E-state index contributed by atoms with van der Waals surface area (Å²) in [6, 6.07) is 14.6. The number of rotatable bonds is 6. The summed E-state index contributed by atoms with van der Waals surface area (Å²) in [6.45, 7) is 8.28. The van der Waals surface area contributed by atoms with E-state index in [1.165, 1.54) is 10.8 Å². The van der Waals surface area contributed by atoms with Crippen LogP contribution < -0.4 is 10.1 Å². The minimum absolute atomic E-state index is 0.167. The Bertz CT molecular complexity index is 532. The molecule has 0 aromatic heterocycles. The maximum atomic E-state index is 6.30. The first-order chi connectivity index (χ1) is 9.18. The smallest absolute Gasteiger partial charge is 0.128 e. The predicted octanol–water partition coefficient (Wildman–Crippen LogP) is 4.00. The zero-order valence-corrected chi connectivity index (χ0v) is 12.1. The molecule has 1 N–H and O–H groups in total. The molecule has 0 saturated heterocycles. The van der Waals surface area contributed by atoms with E-state index in [-0.39, 0.29) is 5.60 Å². The van der Waals surface area contributed by atoms with Crippen molar-refractivity contribution in [1.29, 1.82) is 0 Å². The van der Waals surface area contributed by atoms with Gasteiger partial charge in [0.15, 0.2) is 0 Å². The molecule has 0 bridgehead atoms. The van der Waals surface area contributed by atoms with Crippen LogP contribution in [0.25, 0.3) is 10.8 Å². The fourth-order valence-corrected chi connectivity index (χ4v) is 2.17. The average Bonchev–Trinajstić information content (AvgIpc) is 2.46. The quantitative estimate of drug-likeness (QED) is 0.844. The van der Waals surface area contributed by atoms with Gasteiger partial charge in [-0.2, -0.15) is 0 Å². The summed E-state index contributed by atoms with van der Waals surface area (Å²) < 4.78 is 6.30. The first kappa shape index (κ1) is 13.9. The van der Waals surface area contributed by atoms with E-state index in [2.05, 4.69) is 68.6 Å². The molecule has 1 unspecified atom stereocenters. The molecular weight excluding hydrogens is 234 g/mol. The van der Waals surface area contributed by atoms with Gasteiger partial charge in [-0.3, -0.25) is 0 Å². The van der Waals surface area contributed by atoms with E-state index in [0.29, 0.717) is 0 Å². The first-order valence-corrected chi connectivity index (χ1v) is 7.06. The summed E-state index contributed by atoms with van der Waals surface area (Å²) in [5.74, 6) is 0.973. The van der Waals surface area contributed by atoms with Gasteiger partial charge in [0.2, 0.25) is 0 Å². The van der Waals surface area contributed by atoms with Crippen molar-refractivity contribution in [3.05, 3.63) is 42.5 Å². The molecule has 0 aliphatic rings. The molecule has 2 rings (SSSR count). The molecule has 0 heterocycles. The lowest BCUT2D eigenvalue weighted by atomic mass is 10.0. The summed E-state index contributed by atoms with van der Waals surface area (Å²) in [6.07, 6.45) is 0.975. The maximum absolute atomic E-state index is 6.30. The molecule has 0 saturated carbocycles. The molecule has 0 radical (unpaired) electrons. The highest BCUT2D eigenvalue weighted by Crippen LogP contribution is 2.29. The van der Waals surface area contributed by atoms with Crippen LogP contribution in [0.15, 0.2) is 42.5 Å². The van der Waals surface area contributed by atoms with Crippen LogP contribution in [0.5, 0.6) is 5.75 Å². The summed E-state index contributed by atoms with van der Waals surface area (Å²) >= 11 is 0. The Hall–Kier alpha value is -1.54. The fourth-order valence-electron chi connectivity index (χ4n) is 2.17. The van der Waals surface area contributed by atoms with Crippen LogP contribution in [-0.2, 0) is 0 Å². The second kappa shape index (κ2) is 6.07. The van der Waals surface area contributed by atoms with Crippen LogP contribution in [0, 0.1) is 0 Å². The highest BCUT2D eigenvalue weighted by atomic mass is 16.5. The van der Waals surface area contributed by atoms with Crippen LogP contribution >= 0.6 is 0 Å². The van der Waals surface area contributed by atoms with Gasteiger partial charge in [-0.1, -0.05) is 50.2 Å². The van der Waals surface area contributed by atoms with Gasteiger partial charge in [-0.25, -0.2) is 0 Å². The lowest BCUT2D eigenvalue weighted by Crippen LogP contribution is -2.42. The number of hydrogen-bond acceptors (Lipinski definition) is 2. The second-order valence-corrected chi connectivity index (χ2v) is 5.16. The van der Waals surface area contributed by atoms with Crippen molar-refractivity contribution in [2.24, 2.45) is 0 Å². The fraction of sp³-hybridized carbons (Fsp3) is 0.412. The predicted molar refractivity (Wildman–Crippen MR) is 81.8 cm³/mol. The Kier molecular flexibility index (Phi) is 4.43. The molecular formula is C17H23NO. The van der Waals surface area contributed by atoms with E-state index in [9.17, 15) is 0 Å². The molecule has 2 nitrogen and oxygen atoms in total. The summed E-state index contributed by atoms with van der Waals surface area (Å²) in [5, 5.41) is 5.79. The van der Waals surface area contributed by atoms with Gasteiger partial charge in [0.05, 0.1) is 0 Å². The number of hydrogen-bond donors (Lipinski definition) is 1. The second-order valence-electron chi connectivity index (χ2n) is 5.16. The first-order valence-electron chi connectivity index (χ1n) is 7.06. The SMILES string of the molecule is CCNCC(C)(CC)Oc1cccc2ccccc12. The van der Waals surface area contributed by atoms with Crippen molar-refractivity contribution in [2.75, 3.05) is 13.1 Å². The van der Waals surface area contributed by atoms with Crippen molar-refractivity contribution in [1.82, 2.24) is 5.32 Å². The molecule has 0 aliphatic heterocycles. The molecule has 2 heteroatoms. The van der Waals surface area contributed by atoms with Gasteiger partial charge in [0, 0.05) is 11.9 Å². The molecule has 1 atom stereocenters. The van der Waals surface area contributed by atoms with Crippen molar-refractivity contribution in [3.8, 4) is 5.75 Å². The van der Waals surface area contributed by atoms with Gasteiger partial charge in [-0.15, -0.1) is 0 Å². The summed E-state index contributed by atoms with van der Waals surface area (Å²) in [5.41, 5.74) is -0.167. The van der Waals surface area contributed by atoms with Crippen LogP contribution in [-0.4, -0.2) is 18.7 Å². The van der Waals surface area contributed by atoms with Crippen LogP contribution in [0.4, 0.5) is 0 Å².